The van der Waals surface area contributed by atoms with Crippen molar-refractivity contribution in [2.75, 3.05) is 12.8 Å². The standard InChI is InChI=1S/C15H21N3O/c1-4-8-13-17-14(15(16)18(13)5-2)11-9-6-7-10-12(11)19-3/h6-7,9-10H,4-5,8,16H2,1-3H3. The van der Waals surface area contributed by atoms with E-state index in [0.717, 1.165) is 48.0 Å². The Hall–Kier alpha value is -1.97. The van der Waals surface area contributed by atoms with Crippen LogP contribution in [0, 0.1) is 0 Å². The lowest BCUT2D eigenvalue weighted by molar-refractivity contribution is 0.416. The molecule has 2 N–H and O–H groups in total. The molecule has 2 aromatic rings. The van der Waals surface area contributed by atoms with Gasteiger partial charge in [-0.3, -0.25) is 0 Å². The lowest BCUT2D eigenvalue weighted by Crippen LogP contribution is -2.05. The van der Waals surface area contributed by atoms with Gasteiger partial charge in [0, 0.05) is 18.5 Å². The van der Waals surface area contributed by atoms with Crippen molar-refractivity contribution in [1.29, 1.82) is 0 Å². The number of hydrogen-bond donors (Lipinski definition) is 1. The van der Waals surface area contributed by atoms with Gasteiger partial charge < -0.3 is 15.0 Å². The minimum atomic E-state index is 0.718. The Bertz CT molecular complexity index is 561. The number of nitrogens with two attached hydrogens (primary N) is 1. The fourth-order valence-corrected chi connectivity index (χ4v) is 2.32. The number of ether oxygens (including phenoxy) is 1. The summed E-state index contributed by atoms with van der Waals surface area (Å²) in [5.74, 6) is 2.57. The summed E-state index contributed by atoms with van der Waals surface area (Å²) in [6.45, 7) is 5.07. The van der Waals surface area contributed by atoms with Crippen molar-refractivity contribution in [3.05, 3.63) is 30.1 Å². The molecule has 0 spiro atoms. The molecule has 0 saturated heterocycles. The molecule has 0 atom stereocenters. The van der Waals surface area contributed by atoms with Gasteiger partial charge in [-0.2, -0.15) is 0 Å². The Kier molecular flexibility index (Phi) is 4.10. The molecule has 0 aliphatic carbocycles. The number of benzene rings is 1. The fraction of sp³-hybridized carbons (Fsp3) is 0.400. The van der Waals surface area contributed by atoms with Gasteiger partial charge in [0.25, 0.3) is 0 Å². The third-order valence-corrected chi connectivity index (χ3v) is 3.24. The first-order valence-corrected chi connectivity index (χ1v) is 6.71. The maximum atomic E-state index is 6.25. The summed E-state index contributed by atoms with van der Waals surface area (Å²) in [7, 11) is 1.67. The number of aromatic nitrogens is 2. The highest BCUT2D eigenvalue weighted by Crippen LogP contribution is 2.33. The van der Waals surface area contributed by atoms with Crippen LogP contribution < -0.4 is 10.5 Å². The first-order chi connectivity index (χ1) is 9.22. The van der Waals surface area contributed by atoms with E-state index in [0.29, 0.717) is 0 Å². The average Bonchev–Trinajstić information content (AvgIpc) is 2.75. The predicted molar refractivity (Wildman–Crippen MR) is 78.3 cm³/mol. The van der Waals surface area contributed by atoms with E-state index in [1.54, 1.807) is 7.11 Å². The van der Waals surface area contributed by atoms with Crippen molar-refractivity contribution >= 4 is 5.82 Å². The topological polar surface area (TPSA) is 53.1 Å². The monoisotopic (exact) mass is 259 g/mol. The number of methoxy groups -OCH3 is 1. The lowest BCUT2D eigenvalue weighted by atomic mass is 10.1. The van der Waals surface area contributed by atoms with Crippen LogP contribution in [0.15, 0.2) is 24.3 Å². The highest BCUT2D eigenvalue weighted by molar-refractivity contribution is 5.76. The number of imidazole rings is 1. The fourth-order valence-electron chi connectivity index (χ4n) is 2.32. The molecule has 102 valence electrons. The summed E-state index contributed by atoms with van der Waals surface area (Å²) in [5.41, 5.74) is 8.02. The zero-order chi connectivity index (χ0) is 13.8. The summed E-state index contributed by atoms with van der Waals surface area (Å²) in [6.07, 6.45) is 2.00. The Morgan fingerprint density at radius 1 is 1.26 bits per heavy atom. The number of anilines is 1. The van der Waals surface area contributed by atoms with Crippen LogP contribution >= 0.6 is 0 Å². The molecule has 0 amide bonds. The molecule has 0 fully saturated rings. The predicted octanol–water partition coefficient (Wildman–Crippen LogP) is 3.11. The van der Waals surface area contributed by atoms with E-state index in [9.17, 15) is 0 Å². The van der Waals surface area contributed by atoms with E-state index in [1.807, 2.05) is 24.3 Å². The summed E-state index contributed by atoms with van der Waals surface area (Å²) >= 11 is 0. The molecule has 1 aromatic heterocycles. The van der Waals surface area contributed by atoms with Crippen LogP contribution in [0.25, 0.3) is 11.3 Å². The van der Waals surface area contributed by atoms with Crippen LogP contribution in [0.5, 0.6) is 5.75 Å². The molecular weight excluding hydrogens is 238 g/mol. The van der Waals surface area contributed by atoms with Gasteiger partial charge in [-0.05, 0) is 25.5 Å². The number of para-hydroxylation sites is 1. The van der Waals surface area contributed by atoms with Crippen molar-refractivity contribution in [3.8, 4) is 17.0 Å². The van der Waals surface area contributed by atoms with E-state index in [4.69, 9.17) is 15.5 Å². The maximum Gasteiger partial charge on any atom is 0.131 e. The molecule has 19 heavy (non-hydrogen) atoms. The third-order valence-electron chi connectivity index (χ3n) is 3.24. The van der Waals surface area contributed by atoms with Gasteiger partial charge in [0.05, 0.1) is 7.11 Å². The maximum absolute atomic E-state index is 6.25. The molecule has 0 saturated carbocycles. The second-order valence-electron chi connectivity index (χ2n) is 4.46. The minimum Gasteiger partial charge on any atom is -0.496 e. The Morgan fingerprint density at radius 2 is 2.00 bits per heavy atom. The highest BCUT2D eigenvalue weighted by atomic mass is 16.5. The normalized spacial score (nSPS) is 10.7. The number of nitrogen functional groups attached to an aromatic ring is 1. The first kappa shape index (κ1) is 13.5. The zero-order valence-corrected chi connectivity index (χ0v) is 11.8. The van der Waals surface area contributed by atoms with Gasteiger partial charge in [0.2, 0.25) is 0 Å². The molecular formula is C15H21N3O. The van der Waals surface area contributed by atoms with Gasteiger partial charge >= 0.3 is 0 Å². The molecule has 1 heterocycles. The van der Waals surface area contributed by atoms with E-state index in [1.165, 1.54) is 0 Å². The van der Waals surface area contributed by atoms with Crippen LogP contribution in [0.4, 0.5) is 5.82 Å². The second-order valence-corrected chi connectivity index (χ2v) is 4.46. The molecule has 0 aliphatic heterocycles. The van der Waals surface area contributed by atoms with Crippen molar-refractivity contribution in [1.82, 2.24) is 9.55 Å². The molecule has 4 nitrogen and oxygen atoms in total. The zero-order valence-electron chi connectivity index (χ0n) is 11.8. The summed E-state index contributed by atoms with van der Waals surface area (Å²) in [5, 5.41) is 0. The van der Waals surface area contributed by atoms with Crippen molar-refractivity contribution in [3.63, 3.8) is 0 Å². The largest absolute Gasteiger partial charge is 0.496 e. The van der Waals surface area contributed by atoms with Gasteiger partial charge in [0.15, 0.2) is 0 Å². The van der Waals surface area contributed by atoms with Crippen LogP contribution in [-0.4, -0.2) is 16.7 Å². The van der Waals surface area contributed by atoms with E-state index < -0.39 is 0 Å². The third kappa shape index (κ3) is 2.43. The minimum absolute atomic E-state index is 0.718. The quantitative estimate of drug-likeness (QED) is 0.897. The molecule has 0 radical (unpaired) electrons. The van der Waals surface area contributed by atoms with E-state index >= 15 is 0 Å². The van der Waals surface area contributed by atoms with Crippen LogP contribution in [0.1, 0.15) is 26.1 Å². The number of hydrogen-bond acceptors (Lipinski definition) is 3. The summed E-state index contributed by atoms with van der Waals surface area (Å²) in [6, 6.07) is 7.84. The van der Waals surface area contributed by atoms with E-state index in [-0.39, 0.29) is 0 Å². The average molecular weight is 259 g/mol. The molecule has 0 aliphatic rings. The molecule has 0 bridgehead atoms. The SMILES string of the molecule is CCCc1nc(-c2ccccc2OC)c(N)n1CC. The second kappa shape index (κ2) is 5.78. The van der Waals surface area contributed by atoms with Crippen LogP contribution in [0.2, 0.25) is 0 Å². The molecule has 2 rings (SSSR count). The summed E-state index contributed by atoms with van der Waals surface area (Å²) in [4.78, 5) is 4.71. The molecule has 1 aromatic carbocycles. The Labute approximate surface area is 114 Å². The van der Waals surface area contributed by atoms with Crippen molar-refractivity contribution in [2.24, 2.45) is 0 Å². The lowest BCUT2D eigenvalue weighted by Gasteiger charge is -2.07. The van der Waals surface area contributed by atoms with Gasteiger partial charge in [0.1, 0.15) is 23.1 Å². The highest BCUT2D eigenvalue weighted by Gasteiger charge is 2.17. The number of aryl methyl sites for hydroxylation is 1. The number of nitrogens with zero attached hydrogens (tertiary/aromatic N) is 2. The molecule has 4 heteroatoms. The van der Waals surface area contributed by atoms with Gasteiger partial charge in [-0.25, -0.2) is 4.98 Å². The van der Waals surface area contributed by atoms with Gasteiger partial charge in [-0.1, -0.05) is 19.1 Å². The van der Waals surface area contributed by atoms with Gasteiger partial charge in [-0.15, -0.1) is 0 Å². The van der Waals surface area contributed by atoms with Crippen molar-refractivity contribution in [2.45, 2.75) is 33.2 Å². The number of rotatable bonds is 5. The first-order valence-electron chi connectivity index (χ1n) is 6.71. The molecule has 0 unspecified atom stereocenters. The summed E-state index contributed by atoms with van der Waals surface area (Å²) < 4.78 is 7.47. The Balaban J connectivity index is 2.56. The smallest absolute Gasteiger partial charge is 0.131 e. The Morgan fingerprint density at radius 3 is 2.63 bits per heavy atom. The van der Waals surface area contributed by atoms with Crippen molar-refractivity contribution < 1.29 is 4.74 Å². The van der Waals surface area contributed by atoms with Crippen LogP contribution in [-0.2, 0) is 13.0 Å². The van der Waals surface area contributed by atoms with E-state index in [2.05, 4.69) is 18.4 Å². The van der Waals surface area contributed by atoms with Crippen LogP contribution in [0.3, 0.4) is 0 Å².